The van der Waals surface area contributed by atoms with E-state index in [1.54, 1.807) is 0 Å². The summed E-state index contributed by atoms with van der Waals surface area (Å²) in [5.74, 6) is 1.96. The highest BCUT2D eigenvalue weighted by atomic mass is 16.1. The number of allylic oxidation sites excluding steroid dienone is 3. The average Bonchev–Trinajstić information content (AvgIpc) is 2.82. The molecule has 1 nitrogen and oxygen atoms in total. The van der Waals surface area contributed by atoms with Crippen LogP contribution in [0.4, 0.5) is 0 Å². The molecule has 0 radical (unpaired) electrons. The Bertz CT molecular complexity index is 630. The van der Waals surface area contributed by atoms with E-state index in [1.165, 1.54) is 44.1 Å². The molecule has 1 aliphatic rings. The van der Waals surface area contributed by atoms with Crippen LogP contribution in [-0.2, 0) is 0 Å². The molecular weight excluding hydrogens is 376 g/mol. The molecule has 0 heterocycles. The highest BCUT2D eigenvalue weighted by Crippen LogP contribution is 2.35. The zero-order chi connectivity index (χ0) is 24.2. The summed E-state index contributed by atoms with van der Waals surface area (Å²) in [4.78, 5) is 11.3. The summed E-state index contributed by atoms with van der Waals surface area (Å²) in [6.07, 6.45) is 15.0. The maximum absolute atomic E-state index is 11.3. The van der Waals surface area contributed by atoms with Crippen LogP contribution in [0.1, 0.15) is 115 Å². The van der Waals surface area contributed by atoms with Crippen LogP contribution in [-0.4, -0.2) is 6.29 Å². The van der Waals surface area contributed by atoms with Gasteiger partial charge >= 0.3 is 0 Å². The average molecular weight is 427 g/mol. The summed E-state index contributed by atoms with van der Waals surface area (Å²) in [6, 6.07) is 5.94. The van der Waals surface area contributed by atoms with Gasteiger partial charge in [0.05, 0.1) is 0 Å². The zero-order valence-corrected chi connectivity index (χ0v) is 21.8. The van der Waals surface area contributed by atoms with Gasteiger partial charge in [0.15, 0.2) is 6.29 Å². The second kappa shape index (κ2) is 20.0. The largest absolute Gasteiger partial charge is 0.298 e. The third-order valence-electron chi connectivity index (χ3n) is 5.42. The van der Waals surface area contributed by atoms with Crippen molar-refractivity contribution < 1.29 is 4.79 Å². The van der Waals surface area contributed by atoms with Crippen LogP contribution in [0, 0.1) is 17.8 Å². The number of carbonyl (C=O) groups is 1. The molecule has 31 heavy (non-hydrogen) atoms. The van der Waals surface area contributed by atoms with Crippen LogP contribution in [0.2, 0.25) is 0 Å². The molecule has 0 saturated heterocycles. The minimum Gasteiger partial charge on any atom is -0.298 e. The normalized spacial score (nSPS) is 14.2. The van der Waals surface area contributed by atoms with Gasteiger partial charge in [-0.2, -0.15) is 0 Å². The minimum atomic E-state index is 0.467. The molecule has 0 amide bonds. The molecule has 1 aromatic rings. The van der Waals surface area contributed by atoms with E-state index >= 15 is 0 Å². The van der Waals surface area contributed by atoms with E-state index in [1.807, 2.05) is 65.0 Å². The van der Waals surface area contributed by atoms with E-state index in [-0.39, 0.29) is 0 Å². The first-order chi connectivity index (χ1) is 14.9. The number of benzene rings is 1. The van der Waals surface area contributed by atoms with Gasteiger partial charge in [-0.15, -0.1) is 6.58 Å². The predicted molar refractivity (Wildman–Crippen MR) is 144 cm³/mol. The van der Waals surface area contributed by atoms with Gasteiger partial charge in [-0.1, -0.05) is 124 Å². The smallest absolute Gasteiger partial charge is 0.150 e. The Morgan fingerprint density at radius 2 is 1.61 bits per heavy atom. The van der Waals surface area contributed by atoms with Crippen LogP contribution in [0.3, 0.4) is 0 Å². The third-order valence-corrected chi connectivity index (χ3v) is 5.42. The summed E-state index contributed by atoms with van der Waals surface area (Å²) in [7, 11) is 0. The first-order valence-electron chi connectivity index (χ1n) is 12.5. The topological polar surface area (TPSA) is 17.1 Å². The standard InChI is InChI=1S/C21H28O.C5H10.2C2H6/c1-4-9-21-19(15-22)12-8-13-20(21)17(3)16(2)14-18-10-6-5-7-11-18;1-4-5(2)3;2*1-2/h4,8-9,12-13,15-16,18H,3,5-7,10-11,14H2,1-2H3;4-5H,1H2,2-3H3;2*1-2H3/b9-4-;;;. The van der Waals surface area contributed by atoms with Gasteiger partial charge in [0.2, 0.25) is 0 Å². The van der Waals surface area contributed by atoms with E-state index in [9.17, 15) is 4.79 Å². The van der Waals surface area contributed by atoms with E-state index in [0.717, 1.165) is 28.9 Å². The quantitative estimate of drug-likeness (QED) is 0.313. The molecule has 0 aromatic heterocycles. The fourth-order valence-electron chi connectivity index (χ4n) is 3.65. The molecule has 1 atom stereocenters. The zero-order valence-electron chi connectivity index (χ0n) is 21.8. The lowest BCUT2D eigenvalue weighted by Gasteiger charge is -2.26. The molecule has 2 rings (SSSR count). The Hall–Kier alpha value is -1.89. The molecule has 0 N–H and O–H groups in total. The van der Waals surface area contributed by atoms with Crippen molar-refractivity contribution in [2.45, 2.75) is 93.9 Å². The number of hydrogen-bond donors (Lipinski definition) is 0. The van der Waals surface area contributed by atoms with E-state index in [4.69, 9.17) is 0 Å². The van der Waals surface area contributed by atoms with Gasteiger partial charge < -0.3 is 0 Å². The summed E-state index contributed by atoms with van der Waals surface area (Å²) in [6.45, 7) is 24.4. The SMILES string of the molecule is C=C(c1cccc(C=O)c1/C=C\C)C(C)CC1CCCCC1.C=CC(C)C.CC.CC. The van der Waals surface area contributed by atoms with Crippen molar-refractivity contribution in [2.24, 2.45) is 17.8 Å². The maximum atomic E-state index is 11.3. The first kappa shape index (κ1) is 31.3. The lowest BCUT2D eigenvalue weighted by Crippen LogP contribution is -2.12. The van der Waals surface area contributed by atoms with Gasteiger partial charge in [0.1, 0.15) is 0 Å². The highest BCUT2D eigenvalue weighted by molar-refractivity contribution is 5.87. The monoisotopic (exact) mass is 426 g/mol. The molecular formula is C30H50O. The Kier molecular flexibility index (Phi) is 20.2. The Morgan fingerprint density at radius 3 is 2.06 bits per heavy atom. The van der Waals surface area contributed by atoms with E-state index < -0.39 is 0 Å². The van der Waals surface area contributed by atoms with Gasteiger partial charge in [0.25, 0.3) is 0 Å². The van der Waals surface area contributed by atoms with Crippen LogP contribution in [0.5, 0.6) is 0 Å². The summed E-state index contributed by atoms with van der Waals surface area (Å²) in [5, 5.41) is 0. The first-order valence-corrected chi connectivity index (χ1v) is 12.5. The summed E-state index contributed by atoms with van der Waals surface area (Å²) < 4.78 is 0. The fourth-order valence-corrected chi connectivity index (χ4v) is 3.65. The number of carbonyl (C=O) groups excluding carboxylic acids is 1. The molecule has 1 unspecified atom stereocenters. The van der Waals surface area contributed by atoms with Crippen LogP contribution < -0.4 is 0 Å². The van der Waals surface area contributed by atoms with E-state index in [0.29, 0.717) is 11.8 Å². The van der Waals surface area contributed by atoms with Crippen molar-refractivity contribution >= 4 is 17.9 Å². The molecule has 1 fully saturated rings. The second-order valence-corrected chi connectivity index (χ2v) is 8.07. The van der Waals surface area contributed by atoms with Gasteiger partial charge in [0, 0.05) is 5.56 Å². The lowest BCUT2D eigenvalue weighted by atomic mass is 9.79. The lowest BCUT2D eigenvalue weighted by molar-refractivity contribution is 0.112. The second-order valence-electron chi connectivity index (χ2n) is 8.07. The fraction of sp³-hybridized carbons (Fsp3) is 0.567. The van der Waals surface area contributed by atoms with Crippen LogP contribution in [0.25, 0.3) is 11.6 Å². The number of aldehydes is 1. The summed E-state index contributed by atoms with van der Waals surface area (Å²) >= 11 is 0. The Labute approximate surface area is 194 Å². The van der Waals surface area contributed by atoms with Crippen molar-refractivity contribution in [1.82, 2.24) is 0 Å². The number of hydrogen-bond acceptors (Lipinski definition) is 1. The van der Waals surface area contributed by atoms with Crippen molar-refractivity contribution in [3.63, 3.8) is 0 Å². The molecule has 1 aliphatic carbocycles. The minimum absolute atomic E-state index is 0.467. The van der Waals surface area contributed by atoms with Crippen molar-refractivity contribution in [3.05, 3.63) is 60.2 Å². The van der Waals surface area contributed by atoms with Gasteiger partial charge in [-0.25, -0.2) is 0 Å². The molecule has 1 saturated carbocycles. The third kappa shape index (κ3) is 12.5. The highest BCUT2D eigenvalue weighted by Gasteiger charge is 2.20. The Morgan fingerprint density at radius 1 is 1.06 bits per heavy atom. The van der Waals surface area contributed by atoms with E-state index in [2.05, 4.69) is 40.0 Å². The maximum Gasteiger partial charge on any atom is 0.150 e. The summed E-state index contributed by atoms with van der Waals surface area (Å²) in [5.41, 5.74) is 4.07. The van der Waals surface area contributed by atoms with Crippen molar-refractivity contribution in [1.29, 1.82) is 0 Å². The van der Waals surface area contributed by atoms with Crippen molar-refractivity contribution in [2.75, 3.05) is 0 Å². The molecule has 1 aromatic carbocycles. The van der Waals surface area contributed by atoms with Gasteiger partial charge in [-0.3, -0.25) is 4.79 Å². The Balaban J connectivity index is 0. The predicted octanol–water partition coefficient (Wildman–Crippen LogP) is 10.0. The molecule has 0 bridgehead atoms. The molecule has 176 valence electrons. The van der Waals surface area contributed by atoms with Crippen LogP contribution >= 0.6 is 0 Å². The number of rotatable bonds is 7. The molecule has 0 aliphatic heterocycles. The van der Waals surface area contributed by atoms with Gasteiger partial charge in [-0.05, 0) is 47.8 Å². The van der Waals surface area contributed by atoms with Crippen molar-refractivity contribution in [3.8, 4) is 0 Å². The molecule has 1 heteroatoms. The molecule has 0 spiro atoms. The van der Waals surface area contributed by atoms with Crippen LogP contribution in [0.15, 0.2) is 43.5 Å².